The third-order valence-corrected chi connectivity index (χ3v) is 5.00. The molecule has 0 aliphatic heterocycles. The average Bonchev–Trinajstić information content (AvgIpc) is 2.75. The van der Waals surface area contributed by atoms with Crippen LogP contribution >= 0.6 is 11.6 Å². The molecule has 35 heavy (non-hydrogen) atoms. The van der Waals surface area contributed by atoms with Crippen molar-refractivity contribution in [1.29, 1.82) is 0 Å². The molecule has 0 saturated carbocycles. The number of carbonyl (C=O) groups excluding carboxylic acids is 1. The highest BCUT2D eigenvalue weighted by atomic mass is 35.5. The number of halogens is 10. The number of rotatable bonds is 4. The Bertz CT molecular complexity index is 1200. The molecule has 0 aliphatic rings. The zero-order valence-electron chi connectivity index (χ0n) is 17.1. The van der Waals surface area contributed by atoms with Gasteiger partial charge in [0.2, 0.25) is 0 Å². The summed E-state index contributed by atoms with van der Waals surface area (Å²) in [5.74, 6) is -1.75. The molecule has 1 aromatic heterocycles. The number of amides is 1. The number of nitrogens with zero attached hydrogens (tertiary/aromatic N) is 2. The van der Waals surface area contributed by atoms with E-state index in [0.29, 0.717) is 0 Å². The zero-order valence-corrected chi connectivity index (χ0v) is 17.8. The minimum Gasteiger partial charge on any atom is -0.297 e. The summed E-state index contributed by atoms with van der Waals surface area (Å²) in [6, 6.07) is 6.92. The molecule has 3 aromatic rings. The zero-order chi connectivity index (χ0) is 26.2. The van der Waals surface area contributed by atoms with E-state index in [1.807, 2.05) is 0 Å². The van der Waals surface area contributed by atoms with Crippen LogP contribution in [0.3, 0.4) is 0 Å². The van der Waals surface area contributed by atoms with Crippen molar-refractivity contribution in [1.82, 2.24) is 4.98 Å². The molecule has 0 unspecified atom stereocenters. The highest BCUT2D eigenvalue weighted by Gasteiger charge is 2.40. The lowest BCUT2D eigenvalue weighted by molar-refractivity contribution is -0.143. The molecule has 0 radical (unpaired) electrons. The van der Waals surface area contributed by atoms with Gasteiger partial charge in [0.1, 0.15) is 6.54 Å². The van der Waals surface area contributed by atoms with Crippen molar-refractivity contribution in [2.24, 2.45) is 0 Å². The summed E-state index contributed by atoms with van der Waals surface area (Å²) in [5, 5.41) is 0.0674. The van der Waals surface area contributed by atoms with Crippen molar-refractivity contribution in [3.05, 3.63) is 82.6 Å². The highest BCUT2D eigenvalue weighted by molar-refractivity contribution is 6.33. The van der Waals surface area contributed by atoms with Gasteiger partial charge in [-0.05, 0) is 30.3 Å². The Morgan fingerprint density at radius 3 is 1.91 bits per heavy atom. The lowest BCUT2D eigenvalue weighted by Gasteiger charge is -2.27. The second kappa shape index (κ2) is 9.40. The van der Waals surface area contributed by atoms with Gasteiger partial charge in [-0.3, -0.25) is 14.7 Å². The number of hydrogen-bond donors (Lipinski definition) is 0. The van der Waals surface area contributed by atoms with Crippen LogP contribution in [-0.2, 0) is 12.4 Å². The summed E-state index contributed by atoms with van der Waals surface area (Å²) in [7, 11) is 0. The molecular formula is C22H12ClF9N2O. The molecular weight excluding hydrogens is 515 g/mol. The largest absolute Gasteiger partial charge is 0.416 e. The molecule has 1 heterocycles. The van der Waals surface area contributed by atoms with Crippen LogP contribution in [0.1, 0.15) is 21.5 Å². The summed E-state index contributed by atoms with van der Waals surface area (Å²) in [4.78, 5) is 16.8. The Kier molecular flexibility index (Phi) is 7.07. The molecule has 0 spiro atoms. The summed E-state index contributed by atoms with van der Waals surface area (Å²) < 4.78 is 120. The normalized spacial score (nSPS) is 12.5. The Morgan fingerprint density at radius 1 is 0.829 bits per heavy atom. The summed E-state index contributed by atoms with van der Waals surface area (Å²) >= 11 is 6.11. The molecule has 1 amide bonds. The maximum atomic E-state index is 13.4. The van der Waals surface area contributed by atoms with E-state index in [0.717, 1.165) is 6.20 Å². The standard InChI is InChI=1S/C22H12ClF9N2O/c23-17-4-2-1-3-15(17)16-5-6-33-10-18(16)34(11-20(24,25)26)19(35)12-7-13(21(27,28)29)9-14(8-12)22(30,31)32/h1-10H,11H2. The number of alkyl halides is 9. The van der Waals surface area contributed by atoms with Crippen LogP contribution < -0.4 is 4.90 Å². The molecule has 0 aliphatic carbocycles. The summed E-state index contributed by atoms with van der Waals surface area (Å²) in [6.07, 6.45) is -13.7. The van der Waals surface area contributed by atoms with Crippen LogP contribution in [0.15, 0.2) is 60.9 Å². The van der Waals surface area contributed by atoms with Crippen molar-refractivity contribution in [3.8, 4) is 11.1 Å². The SMILES string of the molecule is O=C(c1cc(C(F)(F)F)cc(C(F)(F)F)c1)N(CC(F)(F)F)c1cnccc1-c1ccccc1Cl. The van der Waals surface area contributed by atoms with Crippen LogP contribution in [-0.4, -0.2) is 23.6 Å². The van der Waals surface area contributed by atoms with E-state index in [2.05, 4.69) is 4.98 Å². The molecule has 3 rings (SSSR count). The maximum Gasteiger partial charge on any atom is 0.416 e. The van der Waals surface area contributed by atoms with Crippen molar-refractivity contribution < 1.29 is 44.3 Å². The van der Waals surface area contributed by atoms with Gasteiger partial charge in [-0.25, -0.2) is 0 Å². The topological polar surface area (TPSA) is 33.2 Å². The Labute approximate surface area is 196 Å². The number of benzene rings is 2. The van der Waals surface area contributed by atoms with Gasteiger partial charge >= 0.3 is 18.5 Å². The molecule has 0 atom stereocenters. The van der Waals surface area contributed by atoms with Gasteiger partial charge in [0.05, 0.1) is 23.0 Å². The van der Waals surface area contributed by atoms with E-state index in [1.54, 1.807) is 0 Å². The number of hydrogen-bond acceptors (Lipinski definition) is 2. The third kappa shape index (κ3) is 6.24. The first kappa shape index (κ1) is 26.3. The van der Waals surface area contributed by atoms with Gasteiger partial charge in [0.15, 0.2) is 0 Å². The van der Waals surface area contributed by atoms with Crippen LogP contribution in [0, 0.1) is 0 Å². The summed E-state index contributed by atoms with van der Waals surface area (Å²) in [5.41, 5.74) is -5.35. The Balaban J connectivity index is 2.24. The lowest BCUT2D eigenvalue weighted by Crippen LogP contribution is -2.39. The predicted octanol–water partition coefficient (Wildman–Crippen LogP) is 7.65. The van der Waals surface area contributed by atoms with Crippen molar-refractivity contribution in [2.45, 2.75) is 18.5 Å². The molecule has 0 bridgehead atoms. The van der Waals surface area contributed by atoms with Crippen LogP contribution in [0.4, 0.5) is 45.2 Å². The molecule has 0 saturated heterocycles. The molecule has 0 N–H and O–H groups in total. The van der Waals surface area contributed by atoms with Crippen LogP contribution in [0.5, 0.6) is 0 Å². The third-order valence-electron chi connectivity index (χ3n) is 4.67. The molecule has 3 nitrogen and oxygen atoms in total. The molecule has 13 heteroatoms. The quantitative estimate of drug-likeness (QED) is 0.327. The van der Waals surface area contributed by atoms with E-state index < -0.39 is 53.4 Å². The Hall–Kier alpha value is -3.28. The van der Waals surface area contributed by atoms with Gasteiger partial charge in [0.25, 0.3) is 5.91 Å². The fourth-order valence-corrected chi connectivity index (χ4v) is 3.43. The summed E-state index contributed by atoms with van der Waals surface area (Å²) in [6.45, 7) is -2.02. The second-order valence-electron chi connectivity index (χ2n) is 7.17. The van der Waals surface area contributed by atoms with Crippen molar-refractivity contribution in [2.75, 3.05) is 11.4 Å². The van der Waals surface area contributed by atoms with Crippen molar-refractivity contribution >= 4 is 23.2 Å². The van der Waals surface area contributed by atoms with E-state index >= 15 is 0 Å². The number of carbonyl (C=O) groups is 1. The fraction of sp³-hybridized carbons (Fsp3) is 0.182. The van der Waals surface area contributed by atoms with Crippen LogP contribution in [0.2, 0.25) is 5.02 Å². The smallest absolute Gasteiger partial charge is 0.297 e. The van der Waals surface area contributed by atoms with Crippen molar-refractivity contribution in [3.63, 3.8) is 0 Å². The maximum absolute atomic E-state index is 13.4. The first-order valence-corrected chi connectivity index (χ1v) is 9.83. The minimum absolute atomic E-state index is 0.0152. The van der Waals surface area contributed by atoms with Gasteiger partial charge < -0.3 is 0 Å². The number of aromatic nitrogens is 1. The Morgan fingerprint density at radius 2 is 1.40 bits per heavy atom. The lowest BCUT2D eigenvalue weighted by atomic mass is 10.0. The first-order chi connectivity index (χ1) is 16.1. The number of anilines is 1. The van der Waals surface area contributed by atoms with Gasteiger partial charge in [-0.2, -0.15) is 39.5 Å². The van der Waals surface area contributed by atoms with Gasteiger partial charge in [-0.15, -0.1) is 0 Å². The predicted molar refractivity (Wildman–Crippen MR) is 109 cm³/mol. The molecule has 186 valence electrons. The van der Waals surface area contributed by atoms with Crippen LogP contribution in [0.25, 0.3) is 11.1 Å². The monoisotopic (exact) mass is 526 g/mol. The van der Waals surface area contributed by atoms with Gasteiger partial charge in [-0.1, -0.05) is 29.8 Å². The molecule has 2 aromatic carbocycles. The number of pyridine rings is 1. The fourth-order valence-electron chi connectivity index (χ4n) is 3.19. The van der Waals surface area contributed by atoms with E-state index in [-0.39, 0.29) is 39.2 Å². The molecule has 0 fully saturated rings. The second-order valence-corrected chi connectivity index (χ2v) is 7.58. The van der Waals surface area contributed by atoms with E-state index in [1.165, 1.54) is 36.5 Å². The van der Waals surface area contributed by atoms with E-state index in [9.17, 15) is 44.3 Å². The van der Waals surface area contributed by atoms with E-state index in [4.69, 9.17) is 11.6 Å². The highest BCUT2D eigenvalue weighted by Crippen LogP contribution is 2.39. The average molecular weight is 527 g/mol. The minimum atomic E-state index is -5.30. The first-order valence-electron chi connectivity index (χ1n) is 9.45. The van der Waals surface area contributed by atoms with Gasteiger partial charge in [0, 0.05) is 27.9 Å².